The third-order valence-corrected chi connectivity index (χ3v) is 2.85. The van der Waals surface area contributed by atoms with E-state index in [0.717, 1.165) is 11.1 Å². The molecule has 0 amide bonds. The molecule has 98 valence electrons. The highest BCUT2D eigenvalue weighted by atomic mass is 16.6. The van der Waals surface area contributed by atoms with Gasteiger partial charge in [-0.05, 0) is 11.1 Å². The van der Waals surface area contributed by atoms with Crippen LogP contribution in [0, 0.1) is 0 Å². The van der Waals surface area contributed by atoms with Gasteiger partial charge >= 0.3 is 5.97 Å². The zero-order valence-corrected chi connectivity index (χ0v) is 10.7. The maximum absolute atomic E-state index is 11.2. The molecule has 3 nitrogen and oxygen atoms in total. The van der Waals surface area contributed by atoms with Gasteiger partial charge in [-0.3, -0.25) is 4.79 Å². The fourth-order valence-corrected chi connectivity index (χ4v) is 1.96. The lowest BCUT2D eigenvalue weighted by molar-refractivity contribution is -0.153. The van der Waals surface area contributed by atoms with Crippen LogP contribution in [-0.4, -0.2) is 11.1 Å². The van der Waals surface area contributed by atoms with Gasteiger partial charge in [0.1, 0.15) is 6.10 Å². The average molecular weight is 256 g/mol. The minimum Gasteiger partial charge on any atom is -0.455 e. The second-order valence-corrected chi connectivity index (χ2v) is 4.30. The van der Waals surface area contributed by atoms with Crippen molar-refractivity contribution in [2.24, 2.45) is 0 Å². The summed E-state index contributed by atoms with van der Waals surface area (Å²) in [5, 5.41) is 10.4. The molecule has 2 aromatic carbocycles. The fraction of sp³-hybridized carbons (Fsp3) is 0.188. The van der Waals surface area contributed by atoms with Crippen molar-refractivity contribution in [2.45, 2.75) is 19.1 Å². The van der Waals surface area contributed by atoms with Gasteiger partial charge in [0.05, 0.1) is 0 Å². The molecule has 0 radical (unpaired) electrons. The number of hydrogen-bond donors (Lipinski definition) is 1. The number of carbonyl (C=O) groups excluding carboxylic acids is 1. The Labute approximate surface area is 112 Å². The van der Waals surface area contributed by atoms with Crippen molar-refractivity contribution in [1.29, 1.82) is 0 Å². The third-order valence-electron chi connectivity index (χ3n) is 2.85. The summed E-state index contributed by atoms with van der Waals surface area (Å²) in [7, 11) is 0. The van der Waals surface area contributed by atoms with Crippen molar-refractivity contribution in [1.82, 2.24) is 0 Å². The molecule has 0 unspecified atom stereocenters. The quantitative estimate of drug-likeness (QED) is 0.855. The Morgan fingerprint density at radius 1 is 0.947 bits per heavy atom. The summed E-state index contributed by atoms with van der Waals surface area (Å²) in [5.74, 6) is -0.413. The Morgan fingerprint density at radius 3 is 1.89 bits per heavy atom. The summed E-state index contributed by atoms with van der Waals surface area (Å²) < 4.78 is 5.26. The molecular weight excluding hydrogens is 240 g/mol. The maximum Gasteiger partial charge on any atom is 0.303 e. The highest BCUT2D eigenvalue weighted by Crippen LogP contribution is 2.31. The van der Waals surface area contributed by atoms with E-state index in [-0.39, 0.29) is 0 Å². The summed E-state index contributed by atoms with van der Waals surface area (Å²) in [6.45, 7) is 1.34. The average Bonchev–Trinajstić information content (AvgIpc) is 2.46. The molecule has 0 saturated heterocycles. The lowest BCUT2D eigenvalue weighted by atomic mass is 9.98. The molecule has 0 aliphatic rings. The highest BCUT2D eigenvalue weighted by molar-refractivity contribution is 5.66. The van der Waals surface area contributed by atoms with Crippen molar-refractivity contribution in [3.05, 3.63) is 71.8 Å². The Balaban J connectivity index is 2.30. The maximum atomic E-state index is 11.2. The van der Waals surface area contributed by atoms with E-state index in [1.54, 1.807) is 0 Å². The number of benzene rings is 2. The van der Waals surface area contributed by atoms with Gasteiger partial charge in [0, 0.05) is 6.92 Å². The standard InChI is InChI=1S/C16H16O3/c1-12(17)19-16(14-10-6-3-7-11-14)15(18)13-8-4-2-5-9-13/h2-11,15-16,18H,1H3/t15-,16-/m1/s1. The van der Waals surface area contributed by atoms with Gasteiger partial charge in [0.25, 0.3) is 0 Å². The Morgan fingerprint density at radius 2 is 1.42 bits per heavy atom. The number of esters is 1. The molecule has 0 spiro atoms. The minimum absolute atomic E-state index is 0.413. The largest absolute Gasteiger partial charge is 0.455 e. The van der Waals surface area contributed by atoms with E-state index >= 15 is 0 Å². The first-order valence-electron chi connectivity index (χ1n) is 6.13. The summed E-state index contributed by atoms with van der Waals surface area (Å²) in [6.07, 6.45) is -1.58. The van der Waals surface area contributed by atoms with Crippen LogP contribution in [0.1, 0.15) is 30.3 Å². The van der Waals surface area contributed by atoms with Crippen molar-refractivity contribution in [3.63, 3.8) is 0 Å². The summed E-state index contributed by atoms with van der Waals surface area (Å²) in [5.41, 5.74) is 1.49. The topological polar surface area (TPSA) is 46.5 Å². The van der Waals surface area contributed by atoms with Crippen LogP contribution in [-0.2, 0) is 9.53 Å². The molecule has 2 aromatic rings. The zero-order chi connectivity index (χ0) is 13.7. The van der Waals surface area contributed by atoms with Gasteiger partial charge in [0.15, 0.2) is 6.10 Å². The number of aliphatic hydroxyl groups is 1. The molecule has 2 atom stereocenters. The lowest BCUT2D eigenvalue weighted by Gasteiger charge is -2.23. The number of ether oxygens (including phenoxy) is 1. The van der Waals surface area contributed by atoms with Crippen molar-refractivity contribution in [3.8, 4) is 0 Å². The molecule has 0 fully saturated rings. The van der Waals surface area contributed by atoms with Crippen LogP contribution in [0.5, 0.6) is 0 Å². The number of carbonyl (C=O) groups is 1. The van der Waals surface area contributed by atoms with Crippen LogP contribution in [0.4, 0.5) is 0 Å². The lowest BCUT2D eigenvalue weighted by Crippen LogP contribution is -2.17. The highest BCUT2D eigenvalue weighted by Gasteiger charge is 2.25. The zero-order valence-electron chi connectivity index (χ0n) is 10.7. The predicted molar refractivity (Wildman–Crippen MR) is 72.4 cm³/mol. The van der Waals surface area contributed by atoms with E-state index < -0.39 is 18.2 Å². The van der Waals surface area contributed by atoms with E-state index in [1.165, 1.54) is 6.92 Å². The van der Waals surface area contributed by atoms with Gasteiger partial charge in [-0.1, -0.05) is 60.7 Å². The van der Waals surface area contributed by atoms with E-state index in [0.29, 0.717) is 0 Å². The summed E-state index contributed by atoms with van der Waals surface area (Å²) in [4.78, 5) is 11.2. The summed E-state index contributed by atoms with van der Waals surface area (Å²) >= 11 is 0. The van der Waals surface area contributed by atoms with Crippen LogP contribution in [0.3, 0.4) is 0 Å². The smallest absolute Gasteiger partial charge is 0.303 e. The molecule has 0 aliphatic carbocycles. The van der Waals surface area contributed by atoms with Crippen LogP contribution >= 0.6 is 0 Å². The normalized spacial score (nSPS) is 13.6. The van der Waals surface area contributed by atoms with Gasteiger partial charge in [-0.15, -0.1) is 0 Å². The monoisotopic (exact) mass is 256 g/mol. The second-order valence-electron chi connectivity index (χ2n) is 4.30. The molecule has 1 N–H and O–H groups in total. The van der Waals surface area contributed by atoms with Gasteiger partial charge in [-0.2, -0.15) is 0 Å². The third kappa shape index (κ3) is 3.42. The molecule has 19 heavy (non-hydrogen) atoms. The SMILES string of the molecule is CC(=O)O[C@H](c1ccccc1)[C@H](O)c1ccccc1. The van der Waals surface area contributed by atoms with Crippen molar-refractivity contribution < 1.29 is 14.6 Å². The first kappa shape index (κ1) is 13.3. The molecule has 0 bridgehead atoms. The number of rotatable bonds is 4. The molecule has 0 saturated carbocycles. The Bertz CT molecular complexity index is 522. The van der Waals surface area contributed by atoms with Crippen LogP contribution in [0.15, 0.2) is 60.7 Å². The first-order chi connectivity index (χ1) is 9.18. The summed E-state index contributed by atoms with van der Waals surface area (Å²) in [6, 6.07) is 18.4. The van der Waals surface area contributed by atoms with Crippen LogP contribution < -0.4 is 0 Å². The second kappa shape index (κ2) is 6.16. The first-order valence-corrected chi connectivity index (χ1v) is 6.13. The van der Waals surface area contributed by atoms with Gasteiger partial charge in [0.2, 0.25) is 0 Å². The number of hydrogen-bond acceptors (Lipinski definition) is 3. The molecule has 3 heteroatoms. The Kier molecular flexibility index (Phi) is 4.31. The molecule has 0 heterocycles. The Hall–Kier alpha value is -2.13. The predicted octanol–water partition coefficient (Wildman–Crippen LogP) is 3.02. The van der Waals surface area contributed by atoms with E-state index in [1.807, 2.05) is 60.7 Å². The molecule has 0 aliphatic heterocycles. The van der Waals surface area contributed by atoms with Gasteiger partial charge < -0.3 is 9.84 Å². The van der Waals surface area contributed by atoms with E-state index in [2.05, 4.69) is 0 Å². The van der Waals surface area contributed by atoms with E-state index in [9.17, 15) is 9.90 Å². The van der Waals surface area contributed by atoms with Gasteiger partial charge in [-0.25, -0.2) is 0 Å². The van der Waals surface area contributed by atoms with E-state index in [4.69, 9.17) is 4.74 Å². The van der Waals surface area contributed by atoms with Crippen molar-refractivity contribution in [2.75, 3.05) is 0 Å². The van der Waals surface area contributed by atoms with Crippen LogP contribution in [0.25, 0.3) is 0 Å². The molecule has 0 aromatic heterocycles. The molecule has 2 rings (SSSR count). The fourth-order valence-electron chi connectivity index (χ4n) is 1.96. The molecular formula is C16H16O3. The number of aliphatic hydroxyl groups excluding tert-OH is 1. The van der Waals surface area contributed by atoms with Crippen molar-refractivity contribution >= 4 is 5.97 Å². The minimum atomic E-state index is -0.882. The van der Waals surface area contributed by atoms with Crippen LogP contribution in [0.2, 0.25) is 0 Å².